The quantitative estimate of drug-likeness (QED) is 0.268. The van der Waals surface area contributed by atoms with Gasteiger partial charge >= 0.3 is 6.18 Å². The maximum absolute atomic E-state index is 13.0. The van der Waals surface area contributed by atoms with Crippen LogP contribution in [0.2, 0.25) is 0 Å². The Morgan fingerprint density at radius 3 is 2.65 bits per heavy atom. The normalized spacial score (nSPS) is 19.3. The molecule has 5 rings (SSSR count). The third-order valence-corrected chi connectivity index (χ3v) is 7.97. The lowest BCUT2D eigenvalue weighted by Gasteiger charge is -2.34. The number of benzene rings is 1. The van der Waals surface area contributed by atoms with Crippen molar-refractivity contribution in [3.05, 3.63) is 83.0 Å². The molecule has 0 spiro atoms. The number of aromatic nitrogens is 4. The molecule has 8 nitrogen and oxygen atoms in total. The Morgan fingerprint density at radius 2 is 1.93 bits per heavy atom. The van der Waals surface area contributed by atoms with Crippen LogP contribution in [0.5, 0.6) is 0 Å². The van der Waals surface area contributed by atoms with Gasteiger partial charge in [-0.1, -0.05) is 12.1 Å². The minimum absolute atomic E-state index is 0.0210. The third kappa shape index (κ3) is 6.62. The molecule has 12 heteroatoms. The number of nitrogens with zero attached hydrogens (tertiary/aromatic N) is 4. The maximum atomic E-state index is 13.0. The number of hydrogen-bond acceptors (Lipinski definition) is 8. The van der Waals surface area contributed by atoms with Crippen molar-refractivity contribution in [3.63, 3.8) is 0 Å². The molecule has 0 aliphatic heterocycles. The highest BCUT2D eigenvalue weighted by molar-refractivity contribution is 7.15. The van der Waals surface area contributed by atoms with Gasteiger partial charge < -0.3 is 15.7 Å². The Kier molecular flexibility index (Phi) is 7.81. The molecule has 208 valence electrons. The summed E-state index contributed by atoms with van der Waals surface area (Å²) in [4.78, 5) is 29.3. The number of carbonyl (C=O) groups is 1. The zero-order chi connectivity index (χ0) is 28.3. The van der Waals surface area contributed by atoms with Gasteiger partial charge in [-0.2, -0.15) is 13.2 Å². The van der Waals surface area contributed by atoms with Crippen LogP contribution in [0.4, 0.5) is 24.8 Å². The molecule has 0 saturated heterocycles. The molecule has 1 aliphatic carbocycles. The summed E-state index contributed by atoms with van der Waals surface area (Å²) < 4.78 is 39.1. The number of thiazole rings is 1. The van der Waals surface area contributed by atoms with Crippen molar-refractivity contribution in [3.8, 4) is 10.4 Å². The molecule has 4 aromatic rings. The minimum atomic E-state index is -4.57. The second kappa shape index (κ2) is 11.3. The summed E-state index contributed by atoms with van der Waals surface area (Å²) in [6.07, 6.45) is 3.96. The first-order chi connectivity index (χ1) is 19.1. The van der Waals surface area contributed by atoms with E-state index < -0.39 is 17.5 Å². The molecule has 1 saturated carbocycles. The second-order valence-corrected chi connectivity index (χ2v) is 10.9. The Labute approximate surface area is 232 Å². The third-order valence-electron chi connectivity index (χ3n) is 6.73. The zero-order valence-corrected chi connectivity index (χ0v) is 22.4. The number of anilines is 2. The molecule has 3 aromatic heterocycles. The van der Waals surface area contributed by atoms with Gasteiger partial charge in [-0.05, 0) is 73.6 Å². The highest BCUT2D eigenvalue weighted by Crippen LogP contribution is 2.41. The van der Waals surface area contributed by atoms with Crippen molar-refractivity contribution in [1.29, 1.82) is 0 Å². The molecule has 40 heavy (non-hydrogen) atoms. The topological polar surface area (TPSA) is 113 Å². The molecule has 0 unspecified atom stereocenters. The molecule has 0 bridgehead atoms. The van der Waals surface area contributed by atoms with Crippen molar-refractivity contribution in [1.82, 2.24) is 25.3 Å². The summed E-state index contributed by atoms with van der Waals surface area (Å²) in [6, 6.07) is 9.96. The van der Waals surface area contributed by atoms with E-state index >= 15 is 0 Å². The lowest BCUT2D eigenvalue weighted by atomic mass is 9.82. The minimum Gasteiger partial charge on any atom is -0.383 e. The van der Waals surface area contributed by atoms with Gasteiger partial charge in [0.05, 0.1) is 11.3 Å². The Balaban J connectivity index is 1.24. The monoisotopic (exact) mass is 568 g/mol. The Bertz CT molecular complexity index is 1490. The van der Waals surface area contributed by atoms with Gasteiger partial charge in [0.1, 0.15) is 16.3 Å². The van der Waals surface area contributed by atoms with E-state index in [1.54, 1.807) is 36.8 Å². The molecule has 1 fully saturated rings. The molecule has 0 atom stereocenters. The van der Waals surface area contributed by atoms with Gasteiger partial charge in [0.25, 0.3) is 0 Å². The van der Waals surface area contributed by atoms with Gasteiger partial charge in [0.15, 0.2) is 0 Å². The molecule has 3 N–H and O–H groups in total. The zero-order valence-electron chi connectivity index (χ0n) is 21.6. The first kappa shape index (κ1) is 27.7. The predicted octanol–water partition coefficient (Wildman–Crippen LogP) is 5.56. The number of amides is 1. The van der Waals surface area contributed by atoms with Gasteiger partial charge in [0.2, 0.25) is 11.9 Å². The summed E-state index contributed by atoms with van der Waals surface area (Å²) in [7, 11) is 0. The van der Waals surface area contributed by atoms with E-state index in [0.717, 1.165) is 33.8 Å². The summed E-state index contributed by atoms with van der Waals surface area (Å²) >= 11 is 1.37. The van der Waals surface area contributed by atoms with Crippen molar-refractivity contribution in [2.75, 3.05) is 5.32 Å². The van der Waals surface area contributed by atoms with Crippen LogP contribution >= 0.6 is 11.3 Å². The van der Waals surface area contributed by atoms with Crippen LogP contribution in [0.1, 0.15) is 47.5 Å². The number of halogens is 3. The Hall–Kier alpha value is -3.90. The van der Waals surface area contributed by atoms with E-state index in [2.05, 4.69) is 30.6 Å². The average molecular weight is 569 g/mol. The van der Waals surface area contributed by atoms with Crippen LogP contribution in [0.15, 0.2) is 61.2 Å². The van der Waals surface area contributed by atoms with Gasteiger partial charge in [0, 0.05) is 36.5 Å². The molecule has 0 radical (unpaired) electrons. The number of pyridine rings is 1. The highest BCUT2D eigenvalue weighted by atomic mass is 32.1. The van der Waals surface area contributed by atoms with E-state index in [-0.39, 0.29) is 24.3 Å². The van der Waals surface area contributed by atoms with E-state index in [4.69, 9.17) is 0 Å². The maximum Gasteiger partial charge on any atom is 0.433 e. The average Bonchev–Trinajstić information content (AvgIpc) is 3.42. The van der Waals surface area contributed by atoms with E-state index in [1.807, 2.05) is 19.1 Å². The first-order valence-electron chi connectivity index (χ1n) is 12.7. The van der Waals surface area contributed by atoms with Crippen molar-refractivity contribution < 1.29 is 23.1 Å². The number of nitrogens with one attached hydrogen (secondary N) is 2. The van der Waals surface area contributed by atoms with Crippen LogP contribution in [-0.2, 0) is 23.0 Å². The van der Waals surface area contributed by atoms with Crippen LogP contribution < -0.4 is 10.6 Å². The van der Waals surface area contributed by atoms with Gasteiger partial charge in [-0.3, -0.25) is 9.78 Å². The molecule has 1 aliphatic rings. The number of aliphatic hydroxyl groups is 1. The summed E-state index contributed by atoms with van der Waals surface area (Å²) in [5.41, 5.74) is 0.942. The van der Waals surface area contributed by atoms with Crippen LogP contribution in [0.3, 0.4) is 0 Å². The number of carbonyl (C=O) groups excluding carboxylic acids is 1. The van der Waals surface area contributed by atoms with E-state index in [1.165, 1.54) is 11.3 Å². The summed E-state index contributed by atoms with van der Waals surface area (Å²) in [5, 5.41) is 17.9. The van der Waals surface area contributed by atoms with Gasteiger partial charge in [-0.15, -0.1) is 11.3 Å². The largest absolute Gasteiger partial charge is 0.433 e. The van der Waals surface area contributed by atoms with Crippen molar-refractivity contribution >= 4 is 28.9 Å². The van der Waals surface area contributed by atoms with E-state index in [9.17, 15) is 23.1 Å². The molecule has 1 aromatic carbocycles. The van der Waals surface area contributed by atoms with Crippen LogP contribution in [0, 0.1) is 6.92 Å². The lowest BCUT2D eigenvalue weighted by molar-refractivity contribution is -0.141. The SMILES string of the molecule is Cc1cc(Nc2nccc(C(F)(F)F)n2)cc(-c2cnc([C@]3(O)CC[C@H](NC(=O)Cc4cccnc4)CC3)s2)c1. The second-order valence-electron chi connectivity index (χ2n) is 9.92. The number of hydrogen-bond donors (Lipinski definition) is 3. The van der Waals surface area contributed by atoms with Crippen LogP contribution in [-0.4, -0.2) is 37.0 Å². The lowest BCUT2D eigenvalue weighted by Crippen LogP contribution is -2.42. The number of alkyl halides is 3. The molecular formula is C28H27F3N6O2S. The smallest absolute Gasteiger partial charge is 0.383 e. The number of aryl methyl sites for hydroxylation is 1. The highest BCUT2D eigenvalue weighted by Gasteiger charge is 2.38. The Morgan fingerprint density at radius 1 is 1.12 bits per heavy atom. The fraction of sp³-hybridized carbons (Fsp3) is 0.321. The summed E-state index contributed by atoms with van der Waals surface area (Å²) in [6.45, 7) is 1.88. The fourth-order valence-electron chi connectivity index (χ4n) is 4.75. The summed E-state index contributed by atoms with van der Waals surface area (Å²) in [5.74, 6) is -0.227. The first-order valence-corrected chi connectivity index (χ1v) is 13.6. The molecule has 1 amide bonds. The fourth-order valence-corrected chi connectivity index (χ4v) is 5.80. The van der Waals surface area contributed by atoms with Crippen LogP contribution in [0.25, 0.3) is 10.4 Å². The molecular weight excluding hydrogens is 541 g/mol. The predicted molar refractivity (Wildman–Crippen MR) is 145 cm³/mol. The standard InChI is InChI=1S/C28H27F3N6O2S/c1-17-11-19(14-21(12-17)36-26-33-10-6-23(37-26)28(29,30)31)22-16-34-25(40-22)27(39)7-4-20(5-8-27)35-24(38)13-18-3-2-9-32-15-18/h2-3,6,9-12,14-16,20,39H,4-5,7-8,13H2,1H3,(H,35,38)(H,33,36,37)/t20-,27-. The number of rotatable bonds is 7. The van der Waals surface area contributed by atoms with E-state index in [0.29, 0.717) is 36.4 Å². The van der Waals surface area contributed by atoms with Crippen molar-refractivity contribution in [2.24, 2.45) is 0 Å². The van der Waals surface area contributed by atoms with Crippen molar-refractivity contribution in [2.45, 2.75) is 56.8 Å². The molecule has 3 heterocycles. The van der Waals surface area contributed by atoms with Gasteiger partial charge in [-0.25, -0.2) is 15.0 Å².